The molecule has 150 valence electrons. The maximum Gasteiger partial charge on any atom is 0.405 e. The second kappa shape index (κ2) is 8.67. The summed E-state index contributed by atoms with van der Waals surface area (Å²) in [5.41, 5.74) is 0. The average Bonchev–Trinajstić information content (AvgIpc) is 2.60. The number of alkyl halides is 3. The molecule has 0 spiro atoms. The molecule has 0 aliphatic carbocycles. The molecule has 8 nitrogen and oxygen atoms in total. The lowest BCUT2D eigenvalue weighted by molar-refractivity contribution is -0.895. The van der Waals surface area contributed by atoms with Gasteiger partial charge in [-0.3, -0.25) is 10.1 Å². The van der Waals surface area contributed by atoms with E-state index in [2.05, 4.69) is 0 Å². The van der Waals surface area contributed by atoms with Gasteiger partial charge in [0, 0.05) is 0 Å². The number of halogens is 3. The van der Waals surface area contributed by atoms with Gasteiger partial charge in [0.05, 0.1) is 31.1 Å². The number of benzene rings is 1. The van der Waals surface area contributed by atoms with E-state index in [1.807, 2.05) is 5.32 Å². The third-order valence-electron chi connectivity index (χ3n) is 3.92. The second-order valence-electron chi connectivity index (χ2n) is 5.99. The van der Waals surface area contributed by atoms with Crippen LogP contribution in [-0.2, 0) is 14.8 Å². The fraction of sp³-hybridized carbons (Fsp3) is 0.467. The van der Waals surface area contributed by atoms with Crippen LogP contribution < -0.4 is 15.5 Å². The highest BCUT2D eigenvalue weighted by Gasteiger charge is 2.31. The van der Waals surface area contributed by atoms with Crippen molar-refractivity contribution >= 4 is 22.0 Å². The van der Waals surface area contributed by atoms with Gasteiger partial charge in [-0.15, -0.1) is 0 Å². The van der Waals surface area contributed by atoms with Gasteiger partial charge in [0.2, 0.25) is 10.0 Å². The number of quaternary nitrogens is 1. The van der Waals surface area contributed by atoms with E-state index in [1.165, 1.54) is 16.4 Å². The van der Waals surface area contributed by atoms with Crippen molar-refractivity contribution < 1.29 is 36.1 Å². The van der Waals surface area contributed by atoms with Crippen molar-refractivity contribution in [1.29, 1.82) is 0 Å². The maximum absolute atomic E-state index is 12.5. The molecule has 1 heterocycles. The van der Waals surface area contributed by atoms with Crippen LogP contribution in [0.25, 0.3) is 0 Å². The van der Waals surface area contributed by atoms with Crippen LogP contribution in [0.3, 0.4) is 0 Å². The molecule has 0 unspecified atom stereocenters. The summed E-state index contributed by atoms with van der Waals surface area (Å²) in [6.45, 7) is -0.610. The monoisotopic (exact) mass is 409 g/mol. The largest absolute Gasteiger partial charge is 0.405 e. The summed E-state index contributed by atoms with van der Waals surface area (Å²) in [6, 6.07) is 6.75. The summed E-state index contributed by atoms with van der Waals surface area (Å²) in [6.07, 6.45) is -4.56. The lowest BCUT2D eigenvalue weighted by Crippen LogP contribution is -3.15. The van der Waals surface area contributed by atoms with E-state index in [0.717, 1.165) is 4.90 Å². The normalized spacial score (nSPS) is 16.7. The number of sulfonamides is 1. The first-order valence-corrected chi connectivity index (χ1v) is 9.55. The molecule has 1 fully saturated rings. The van der Waals surface area contributed by atoms with E-state index < -0.39 is 34.7 Å². The van der Waals surface area contributed by atoms with Gasteiger partial charge in [0.15, 0.2) is 6.54 Å². The van der Waals surface area contributed by atoms with Crippen LogP contribution in [0.5, 0.6) is 0 Å². The van der Waals surface area contributed by atoms with E-state index in [0.29, 0.717) is 13.1 Å². The highest BCUT2D eigenvalue weighted by Crippen LogP contribution is 2.14. The minimum Gasteiger partial charge on any atom is -0.329 e. The zero-order valence-corrected chi connectivity index (χ0v) is 15.1. The molecule has 0 bridgehead atoms. The van der Waals surface area contributed by atoms with Crippen molar-refractivity contribution in [1.82, 2.24) is 14.9 Å². The number of hydrogen-bond acceptors (Lipinski definition) is 4. The molecule has 1 aliphatic heterocycles. The Bertz CT molecular complexity index is 763. The average molecular weight is 409 g/mol. The number of carbonyl (C=O) groups is 2. The van der Waals surface area contributed by atoms with Gasteiger partial charge in [0.25, 0.3) is 5.91 Å². The molecule has 3 amide bonds. The molecule has 1 saturated heterocycles. The SMILES string of the molecule is O=C(C[NH+]1CCN(S(=O)(=O)c2ccccc2)CC1)NC(=O)NCC(F)(F)F. The summed E-state index contributed by atoms with van der Waals surface area (Å²) in [4.78, 5) is 23.9. The van der Waals surface area contributed by atoms with Gasteiger partial charge in [-0.05, 0) is 12.1 Å². The Hall–Kier alpha value is -2.18. The number of carbonyl (C=O) groups excluding carboxylic acids is 2. The van der Waals surface area contributed by atoms with Gasteiger partial charge in [-0.1, -0.05) is 18.2 Å². The van der Waals surface area contributed by atoms with Crippen molar-refractivity contribution in [3.05, 3.63) is 30.3 Å². The van der Waals surface area contributed by atoms with Crippen molar-refractivity contribution in [2.24, 2.45) is 0 Å². The van der Waals surface area contributed by atoms with Crippen LogP contribution in [0.2, 0.25) is 0 Å². The van der Waals surface area contributed by atoms with Gasteiger partial charge < -0.3 is 10.2 Å². The first kappa shape index (κ1) is 21.1. The zero-order chi connectivity index (χ0) is 20.1. The summed E-state index contributed by atoms with van der Waals surface area (Å²) in [5.74, 6) is -0.732. The van der Waals surface area contributed by atoms with Gasteiger partial charge in [-0.2, -0.15) is 17.5 Å². The number of nitrogens with zero attached hydrogens (tertiary/aromatic N) is 1. The number of urea groups is 1. The van der Waals surface area contributed by atoms with Crippen LogP contribution in [0.4, 0.5) is 18.0 Å². The van der Waals surface area contributed by atoms with E-state index in [9.17, 15) is 31.2 Å². The number of amides is 3. The summed E-state index contributed by atoms with van der Waals surface area (Å²) in [5, 5.41) is 3.37. The number of hydrogen-bond donors (Lipinski definition) is 3. The Morgan fingerprint density at radius 2 is 1.70 bits per heavy atom. The van der Waals surface area contributed by atoms with Crippen molar-refractivity contribution in [2.75, 3.05) is 39.3 Å². The van der Waals surface area contributed by atoms with Gasteiger partial charge in [0.1, 0.15) is 6.54 Å². The standard InChI is InChI=1S/C15H19F3N4O4S/c16-15(17,18)11-19-14(24)20-13(23)10-21-6-8-22(9-7-21)27(25,26)12-4-2-1-3-5-12/h1-5H,6-11H2,(H2,19,20,23,24)/p+1. The first-order valence-electron chi connectivity index (χ1n) is 8.11. The van der Waals surface area contributed by atoms with Crippen LogP contribution in [0.1, 0.15) is 0 Å². The molecular weight excluding hydrogens is 389 g/mol. The molecule has 1 aromatic carbocycles. The third kappa shape index (κ3) is 6.48. The number of rotatable bonds is 5. The molecule has 0 atom stereocenters. The Balaban J connectivity index is 1.79. The summed E-state index contributed by atoms with van der Waals surface area (Å²) < 4.78 is 62.3. The number of imide groups is 1. The Kier molecular flexibility index (Phi) is 6.78. The lowest BCUT2D eigenvalue weighted by atomic mass is 10.3. The highest BCUT2D eigenvalue weighted by atomic mass is 32.2. The molecule has 2 rings (SSSR count). The quantitative estimate of drug-likeness (QED) is 0.579. The fourth-order valence-electron chi connectivity index (χ4n) is 2.58. The highest BCUT2D eigenvalue weighted by molar-refractivity contribution is 7.89. The summed E-state index contributed by atoms with van der Waals surface area (Å²) in [7, 11) is -3.61. The molecule has 27 heavy (non-hydrogen) atoms. The topological polar surface area (TPSA) is 100 Å². The van der Waals surface area contributed by atoms with Crippen LogP contribution in [-0.4, -0.2) is 70.1 Å². The molecule has 0 radical (unpaired) electrons. The lowest BCUT2D eigenvalue weighted by Gasteiger charge is -2.31. The molecule has 3 N–H and O–H groups in total. The van der Waals surface area contributed by atoms with E-state index in [4.69, 9.17) is 0 Å². The Labute approximate surface area is 154 Å². The van der Waals surface area contributed by atoms with Gasteiger partial charge >= 0.3 is 12.2 Å². The molecular formula is C15H20F3N4O4S+. The Morgan fingerprint density at radius 3 is 2.26 bits per heavy atom. The number of piperazine rings is 1. The Morgan fingerprint density at radius 1 is 1.11 bits per heavy atom. The molecule has 1 aromatic rings. The number of nitrogens with one attached hydrogen (secondary N) is 3. The molecule has 1 aliphatic rings. The maximum atomic E-state index is 12.5. The minimum absolute atomic E-state index is 0.140. The predicted molar refractivity (Wildman–Crippen MR) is 88.4 cm³/mol. The molecule has 0 saturated carbocycles. The predicted octanol–water partition coefficient (Wildman–Crippen LogP) is -1.04. The molecule has 12 heteroatoms. The summed E-state index contributed by atoms with van der Waals surface area (Å²) >= 11 is 0. The van der Waals surface area contributed by atoms with Crippen molar-refractivity contribution in [3.8, 4) is 0 Å². The first-order chi connectivity index (χ1) is 12.6. The third-order valence-corrected chi connectivity index (χ3v) is 5.84. The van der Waals surface area contributed by atoms with Crippen molar-refractivity contribution in [2.45, 2.75) is 11.1 Å². The van der Waals surface area contributed by atoms with Crippen LogP contribution in [0.15, 0.2) is 35.2 Å². The van der Waals surface area contributed by atoms with Crippen molar-refractivity contribution in [3.63, 3.8) is 0 Å². The second-order valence-corrected chi connectivity index (χ2v) is 7.93. The van der Waals surface area contributed by atoms with Crippen LogP contribution >= 0.6 is 0 Å². The smallest absolute Gasteiger partial charge is 0.329 e. The van der Waals surface area contributed by atoms with E-state index in [-0.39, 0.29) is 24.5 Å². The van der Waals surface area contributed by atoms with E-state index in [1.54, 1.807) is 23.5 Å². The van der Waals surface area contributed by atoms with Crippen LogP contribution in [0, 0.1) is 0 Å². The zero-order valence-electron chi connectivity index (χ0n) is 14.3. The van der Waals surface area contributed by atoms with Gasteiger partial charge in [-0.25, -0.2) is 13.2 Å². The molecule has 0 aromatic heterocycles. The van der Waals surface area contributed by atoms with E-state index >= 15 is 0 Å². The fourth-order valence-corrected chi connectivity index (χ4v) is 4.05. The minimum atomic E-state index is -4.56.